The van der Waals surface area contributed by atoms with E-state index in [1.54, 1.807) is 0 Å². The van der Waals surface area contributed by atoms with Gasteiger partial charge in [0.25, 0.3) is 0 Å². The molecule has 1 fully saturated rings. The van der Waals surface area contributed by atoms with Gasteiger partial charge in [-0.05, 0) is 19.3 Å². The van der Waals surface area contributed by atoms with E-state index < -0.39 is 0 Å². The van der Waals surface area contributed by atoms with Crippen molar-refractivity contribution in [1.29, 1.82) is 0 Å². The Bertz CT molecular complexity index is 370. The maximum atomic E-state index is 12.1. The summed E-state index contributed by atoms with van der Waals surface area (Å²) in [5.74, 6) is 1.22. The molecule has 0 aromatic carbocycles. The monoisotopic (exact) mass is 237 g/mol. The summed E-state index contributed by atoms with van der Waals surface area (Å²) in [5.41, 5.74) is 0. The van der Waals surface area contributed by atoms with Gasteiger partial charge in [-0.3, -0.25) is 4.79 Å². The van der Waals surface area contributed by atoms with Crippen molar-refractivity contribution >= 4 is 5.78 Å². The number of aromatic nitrogens is 3. The average molecular weight is 237 g/mol. The molecular weight excluding hydrogens is 218 g/mol. The van der Waals surface area contributed by atoms with Crippen LogP contribution in [0, 0.1) is 5.92 Å². The molecule has 0 atom stereocenters. The first kappa shape index (κ1) is 12.2. The van der Waals surface area contributed by atoms with Crippen molar-refractivity contribution in [2.75, 3.05) is 13.2 Å². The number of nitrogens with zero attached hydrogens (tertiary/aromatic N) is 3. The molecule has 1 aromatic rings. The van der Waals surface area contributed by atoms with Gasteiger partial charge in [-0.2, -0.15) is 5.10 Å². The van der Waals surface area contributed by atoms with E-state index in [-0.39, 0.29) is 11.7 Å². The molecule has 1 aliphatic rings. The third kappa shape index (κ3) is 3.12. The number of ketones is 1. The van der Waals surface area contributed by atoms with E-state index in [1.807, 2.05) is 4.68 Å². The molecule has 0 saturated carbocycles. The first-order chi connectivity index (χ1) is 8.31. The molecular formula is C12H19N3O2. The van der Waals surface area contributed by atoms with Gasteiger partial charge in [-0.25, -0.2) is 9.67 Å². The van der Waals surface area contributed by atoms with Gasteiger partial charge in [0.05, 0.1) is 6.42 Å². The summed E-state index contributed by atoms with van der Waals surface area (Å²) in [6.45, 7) is 4.33. The van der Waals surface area contributed by atoms with Gasteiger partial charge in [0, 0.05) is 25.7 Å². The SMILES string of the molecule is CCCn1ncnc1CC(=O)C1CCOCC1. The maximum Gasteiger partial charge on any atom is 0.143 e. The van der Waals surface area contributed by atoms with Gasteiger partial charge in [0.15, 0.2) is 0 Å². The highest BCUT2D eigenvalue weighted by atomic mass is 16.5. The van der Waals surface area contributed by atoms with Crippen LogP contribution in [0.2, 0.25) is 0 Å². The van der Waals surface area contributed by atoms with Crippen molar-refractivity contribution in [1.82, 2.24) is 14.8 Å². The summed E-state index contributed by atoms with van der Waals surface area (Å²) in [5, 5.41) is 4.13. The Balaban J connectivity index is 1.94. The molecule has 0 spiro atoms. The lowest BCUT2D eigenvalue weighted by Gasteiger charge is -2.20. The predicted molar refractivity (Wildman–Crippen MR) is 62.6 cm³/mol. The number of Topliss-reactive ketones (excluding diaryl/α,β-unsaturated/α-hetero) is 1. The molecule has 0 aliphatic carbocycles. The first-order valence-corrected chi connectivity index (χ1v) is 6.28. The van der Waals surface area contributed by atoms with Gasteiger partial charge in [0.2, 0.25) is 0 Å². The molecule has 5 nitrogen and oxygen atoms in total. The van der Waals surface area contributed by atoms with Crippen molar-refractivity contribution in [3.63, 3.8) is 0 Å². The van der Waals surface area contributed by atoms with E-state index in [2.05, 4.69) is 17.0 Å². The van der Waals surface area contributed by atoms with Crippen molar-refractivity contribution in [3.05, 3.63) is 12.2 Å². The van der Waals surface area contributed by atoms with Gasteiger partial charge in [-0.15, -0.1) is 0 Å². The lowest BCUT2D eigenvalue weighted by molar-refractivity contribution is -0.125. The largest absolute Gasteiger partial charge is 0.381 e. The van der Waals surface area contributed by atoms with Crippen LogP contribution in [-0.2, 0) is 22.5 Å². The minimum atomic E-state index is 0.149. The van der Waals surface area contributed by atoms with Crippen molar-refractivity contribution < 1.29 is 9.53 Å². The molecule has 2 rings (SSSR count). The van der Waals surface area contributed by atoms with Crippen molar-refractivity contribution in [2.24, 2.45) is 5.92 Å². The molecule has 1 aromatic heterocycles. The fourth-order valence-electron chi connectivity index (χ4n) is 2.14. The maximum absolute atomic E-state index is 12.1. The van der Waals surface area contributed by atoms with Crippen LogP contribution in [-0.4, -0.2) is 33.8 Å². The number of aryl methyl sites for hydroxylation is 1. The topological polar surface area (TPSA) is 57.0 Å². The highest BCUT2D eigenvalue weighted by Crippen LogP contribution is 2.17. The summed E-state index contributed by atoms with van der Waals surface area (Å²) in [6.07, 6.45) is 4.64. The number of carbonyl (C=O) groups is 1. The zero-order chi connectivity index (χ0) is 12.1. The standard InChI is InChI=1S/C12H19N3O2/c1-2-5-15-12(13-9-14-15)8-11(16)10-3-6-17-7-4-10/h9-10H,2-8H2,1H3. The van der Waals surface area contributed by atoms with Crippen LogP contribution in [0.1, 0.15) is 32.0 Å². The Morgan fingerprint density at radius 1 is 1.53 bits per heavy atom. The second kappa shape index (κ2) is 5.91. The van der Waals surface area contributed by atoms with E-state index in [4.69, 9.17) is 4.74 Å². The summed E-state index contributed by atoms with van der Waals surface area (Å²) in [4.78, 5) is 16.3. The molecule has 5 heteroatoms. The first-order valence-electron chi connectivity index (χ1n) is 6.28. The molecule has 1 saturated heterocycles. The Kier molecular flexibility index (Phi) is 4.25. The molecule has 94 valence electrons. The van der Waals surface area contributed by atoms with Crippen molar-refractivity contribution in [3.8, 4) is 0 Å². The third-order valence-electron chi connectivity index (χ3n) is 3.14. The van der Waals surface area contributed by atoms with Gasteiger partial charge >= 0.3 is 0 Å². The zero-order valence-electron chi connectivity index (χ0n) is 10.3. The number of ether oxygens (including phenoxy) is 1. The van der Waals surface area contributed by atoms with E-state index >= 15 is 0 Å². The number of carbonyl (C=O) groups excluding carboxylic acids is 1. The molecule has 0 unspecified atom stereocenters. The Hall–Kier alpha value is -1.23. The number of hydrogen-bond acceptors (Lipinski definition) is 4. The number of rotatable bonds is 5. The third-order valence-corrected chi connectivity index (χ3v) is 3.14. The smallest absolute Gasteiger partial charge is 0.143 e. The average Bonchev–Trinajstić information content (AvgIpc) is 2.78. The number of hydrogen-bond donors (Lipinski definition) is 0. The molecule has 17 heavy (non-hydrogen) atoms. The molecule has 1 aliphatic heterocycles. The Morgan fingerprint density at radius 2 is 2.29 bits per heavy atom. The van der Waals surface area contributed by atoms with Crippen LogP contribution in [0.25, 0.3) is 0 Å². The van der Waals surface area contributed by atoms with Crippen molar-refractivity contribution in [2.45, 2.75) is 39.2 Å². The fraction of sp³-hybridized carbons (Fsp3) is 0.750. The summed E-state index contributed by atoms with van der Waals surface area (Å²) < 4.78 is 7.09. The lowest BCUT2D eigenvalue weighted by atomic mass is 9.93. The Morgan fingerprint density at radius 3 is 3.00 bits per heavy atom. The quantitative estimate of drug-likeness (QED) is 0.772. The highest BCUT2D eigenvalue weighted by Gasteiger charge is 2.22. The normalized spacial score (nSPS) is 17.2. The molecule has 0 amide bonds. The highest BCUT2D eigenvalue weighted by molar-refractivity contribution is 5.82. The molecule has 0 radical (unpaired) electrons. The second-order valence-corrected chi connectivity index (χ2v) is 4.43. The lowest BCUT2D eigenvalue weighted by Crippen LogP contribution is -2.25. The van der Waals surface area contributed by atoms with Gasteiger partial charge in [0.1, 0.15) is 17.9 Å². The van der Waals surface area contributed by atoms with E-state index in [9.17, 15) is 4.79 Å². The molecule has 0 N–H and O–H groups in total. The summed E-state index contributed by atoms with van der Waals surface area (Å²) in [7, 11) is 0. The van der Waals surface area contributed by atoms with Gasteiger partial charge < -0.3 is 4.74 Å². The minimum absolute atomic E-state index is 0.149. The zero-order valence-corrected chi connectivity index (χ0v) is 10.3. The van der Waals surface area contributed by atoms with E-state index in [0.717, 1.165) is 31.6 Å². The fourth-order valence-corrected chi connectivity index (χ4v) is 2.14. The van der Waals surface area contributed by atoms with Crippen LogP contribution in [0.3, 0.4) is 0 Å². The second-order valence-electron chi connectivity index (χ2n) is 4.43. The van der Waals surface area contributed by atoms with Crippen LogP contribution < -0.4 is 0 Å². The van der Waals surface area contributed by atoms with Crippen LogP contribution in [0.4, 0.5) is 0 Å². The van der Waals surface area contributed by atoms with Crippen LogP contribution in [0.15, 0.2) is 6.33 Å². The van der Waals surface area contributed by atoms with E-state index in [1.165, 1.54) is 6.33 Å². The summed E-state index contributed by atoms with van der Waals surface area (Å²) >= 11 is 0. The van der Waals surface area contributed by atoms with Crippen LogP contribution >= 0.6 is 0 Å². The molecule has 2 heterocycles. The summed E-state index contributed by atoms with van der Waals surface area (Å²) in [6, 6.07) is 0. The van der Waals surface area contributed by atoms with Crippen LogP contribution in [0.5, 0.6) is 0 Å². The minimum Gasteiger partial charge on any atom is -0.381 e. The Labute approximate surface area is 101 Å². The van der Waals surface area contributed by atoms with E-state index in [0.29, 0.717) is 19.6 Å². The molecule has 0 bridgehead atoms. The van der Waals surface area contributed by atoms with Gasteiger partial charge in [-0.1, -0.05) is 6.92 Å². The predicted octanol–water partition coefficient (Wildman–Crippen LogP) is 1.23.